The molecule has 1 aromatic carbocycles. The van der Waals surface area contributed by atoms with E-state index in [9.17, 15) is 4.79 Å². The van der Waals surface area contributed by atoms with Crippen molar-refractivity contribution in [1.82, 2.24) is 0 Å². The molecular weight excluding hydrogens is 324 g/mol. The van der Waals surface area contributed by atoms with Crippen LogP contribution < -0.4 is 4.74 Å². The van der Waals surface area contributed by atoms with Gasteiger partial charge in [0.2, 0.25) is 0 Å². The first-order valence-electron chi connectivity index (χ1n) is 4.67. The highest BCUT2D eigenvalue weighted by Gasteiger charge is 2.18. The van der Waals surface area contributed by atoms with Gasteiger partial charge < -0.3 is 4.74 Å². The van der Waals surface area contributed by atoms with Crippen LogP contribution in [0.4, 0.5) is 0 Å². The average Bonchev–Trinajstić information content (AvgIpc) is 2.20. The van der Waals surface area contributed by atoms with Crippen molar-refractivity contribution >= 4 is 37.6 Å². The standard InChI is InChI=1S/C11H12Br2O2/c1-3-15-11-8(10(14)7(2)12)5-4-6-9(11)13/h4-7H,3H2,1-2H3. The van der Waals surface area contributed by atoms with Crippen molar-refractivity contribution in [2.24, 2.45) is 0 Å². The summed E-state index contributed by atoms with van der Waals surface area (Å²) < 4.78 is 6.26. The molecule has 0 N–H and O–H groups in total. The molecule has 1 atom stereocenters. The lowest BCUT2D eigenvalue weighted by Crippen LogP contribution is -2.12. The highest BCUT2D eigenvalue weighted by atomic mass is 79.9. The van der Waals surface area contributed by atoms with Crippen LogP contribution in [0.25, 0.3) is 0 Å². The van der Waals surface area contributed by atoms with Crippen molar-refractivity contribution < 1.29 is 9.53 Å². The molecule has 4 heteroatoms. The fourth-order valence-electron chi connectivity index (χ4n) is 1.21. The molecule has 0 aromatic heterocycles. The maximum absolute atomic E-state index is 11.8. The van der Waals surface area contributed by atoms with Crippen LogP contribution in [0, 0.1) is 0 Å². The highest BCUT2D eigenvalue weighted by molar-refractivity contribution is 9.10. The smallest absolute Gasteiger partial charge is 0.179 e. The lowest BCUT2D eigenvalue weighted by Gasteiger charge is -2.11. The third-order valence-electron chi connectivity index (χ3n) is 1.88. The summed E-state index contributed by atoms with van der Waals surface area (Å²) in [7, 11) is 0. The fourth-order valence-corrected chi connectivity index (χ4v) is 1.94. The molecule has 0 fully saturated rings. The Labute approximate surface area is 106 Å². The second-order valence-electron chi connectivity index (χ2n) is 3.03. The molecule has 0 aliphatic rings. The van der Waals surface area contributed by atoms with Gasteiger partial charge in [0.05, 0.1) is 21.5 Å². The fraction of sp³-hybridized carbons (Fsp3) is 0.364. The first-order chi connectivity index (χ1) is 7.07. The molecule has 0 spiro atoms. The van der Waals surface area contributed by atoms with Crippen LogP contribution in [0.3, 0.4) is 0 Å². The Balaban J connectivity index is 3.16. The summed E-state index contributed by atoms with van der Waals surface area (Å²) in [5, 5.41) is 0. The summed E-state index contributed by atoms with van der Waals surface area (Å²) in [6.07, 6.45) is 0. The normalized spacial score (nSPS) is 12.3. The van der Waals surface area contributed by atoms with Crippen molar-refractivity contribution in [2.45, 2.75) is 18.7 Å². The lowest BCUT2D eigenvalue weighted by molar-refractivity contribution is 0.0992. The van der Waals surface area contributed by atoms with Crippen molar-refractivity contribution in [2.75, 3.05) is 6.61 Å². The topological polar surface area (TPSA) is 26.3 Å². The Hall–Kier alpha value is -0.350. The van der Waals surface area contributed by atoms with Crippen LogP contribution in [0.15, 0.2) is 22.7 Å². The Morgan fingerprint density at radius 3 is 2.73 bits per heavy atom. The maximum atomic E-state index is 11.8. The van der Waals surface area contributed by atoms with E-state index in [1.807, 2.05) is 19.1 Å². The average molecular weight is 336 g/mol. The SMILES string of the molecule is CCOc1c(Br)cccc1C(=O)C(C)Br. The Morgan fingerprint density at radius 1 is 1.53 bits per heavy atom. The van der Waals surface area contributed by atoms with Gasteiger partial charge in [-0.1, -0.05) is 22.0 Å². The zero-order valence-corrected chi connectivity index (χ0v) is 11.8. The molecule has 0 amide bonds. The maximum Gasteiger partial charge on any atom is 0.179 e. The molecule has 2 nitrogen and oxygen atoms in total. The number of carbonyl (C=O) groups is 1. The van der Waals surface area contributed by atoms with E-state index in [0.717, 1.165) is 4.47 Å². The van der Waals surface area contributed by atoms with Crippen LogP contribution in [0.1, 0.15) is 24.2 Å². The number of para-hydroxylation sites is 1. The molecule has 0 heterocycles. The number of alkyl halides is 1. The number of hydrogen-bond donors (Lipinski definition) is 0. The number of benzene rings is 1. The zero-order valence-electron chi connectivity index (χ0n) is 8.59. The highest BCUT2D eigenvalue weighted by Crippen LogP contribution is 2.30. The minimum atomic E-state index is -0.203. The third kappa shape index (κ3) is 3.05. The van der Waals surface area contributed by atoms with Crippen LogP contribution in [0.2, 0.25) is 0 Å². The molecule has 15 heavy (non-hydrogen) atoms. The van der Waals surface area contributed by atoms with Crippen molar-refractivity contribution in [1.29, 1.82) is 0 Å². The van der Waals surface area contributed by atoms with E-state index in [-0.39, 0.29) is 10.6 Å². The summed E-state index contributed by atoms with van der Waals surface area (Å²) in [4.78, 5) is 11.6. The van der Waals surface area contributed by atoms with Crippen LogP contribution >= 0.6 is 31.9 Å². The molecule has 0 radical (unpaired) electrons. The summed E-state index contributed by atoms with van der Waals surface area (Å²) in [5.41, 5.74) is 0.607. The van der Waals surface area contributed by atoms with Gasteiger partial charge >= 0.3 is 0 Å². The first-order valence-corrected chi connectivity index (χ1v) is 6.38. The molecular formula is C11H12Br2O2. The molecule has 0 saturated carbocycles. The van der Waals surface area contributed by atoms with E-state index in [4.69, 9.17) is 4.74 Å². The van der Waals surface area contributed by atoms with E-state index < -0.39 is 0 Å². The number of carbonyl (C=O) groups excluding carboxylic acids is 1. The second-order valence-corrected chi connectivity index (χ2v) is 5.26. The Kier molecular flexibility index (Phi) is 4.80. The van der Waals surface area contributed by atoms with E-state index in [2.05, 4.69) is 31.9 Å². The minimum absolute atomic E-state index is 0.0275. The minimum Gasteiger partial charge on any atom is -0.492 e. The van der Waals surface area contributed by atoms with E-state index in [0.29, 0.717) is 17.9 Å². The monoisotopic (exact) mass is 334 g/mol. The second kappa shape index (κ2) is 5.66. The first kappa shape index (κ1) is 12.7. The van der Waals surface area contributed by atoms with Gasteiger partial charge in [-0.3, -0.25) is 4.79 Å². The van der Waals surface area contributed by atoms with Gasteiger partial charge in [-0.05, 0) is 41.9 Å². The number of halogens is 2. The van der Waals surface area contributed by atoms with Crippen molar-refractivity contribution in [3.05, 3.63) is 28.2 Å². The number of rotatable bonds is 4. The van der Waals surface area contributed by atoms with Gasteiger partial charge in [0.15, 0.2) is 5.78 Å². The summed E-state index contributed by atoms with van der Waals surface area (Å²) >= 11 is 6.64. The van der Waals surface area contributed by atoms with Gasteiger partial charge in [-0.2, -0.15) is 0 Å². The lowest BCUT2D eigenvalue weighted by atomic mass is 10.1. The molecule has 0 aliphatic heterocycles. The number of ketones is 1. The van der Waals surface area contributed by atoms with E-state index in [1.54, 1.807) is 13.0 Å². The van der Waals surface area contributed by atoms with Crippen molar-refractivity contribution in [3.8, 4) is 5.75 Å². The summed E-state index contributed by atoms with van der Waals surface area (Å²) in [6, 6.07) is 5.46. The van der Waals surface area contributed by atoms with E-state index in [1.165, 1.54) is 0 Å². The molecule has 0 bridgehead atoms. The number of Topliss-reactive ketones (excluding diaryl/α,β-unsaturated/α-hetero) is 1. The van der Waals surface area contributed by atoms with Crippen molar-refractivity contribution in [3.63, 3.8) is 0 Å². The quantitative estimate of drug-likeness (QED) is 0.617. The van der Waals surface area contributed by atoms with Gasteiger partial charge in [0, 0.05) is 0 Å². The number of ether oxygens (including phenoxy) is 1. The molecule has 0 saturated heterocycles. The van der Waals surface area contributed by atoms with Crippen LogP contribution in [-0.2, 0) is 0 Å². The number of hydrogen-bond acceptors (Lipinski definition) is 2. The molecule has 0 aliphatic carbocycles. The van der Waals surface area contributed by atoms with Gasteiger partial charge in [-0.25, -0.2) is 0 Å². The Morgan fingerprint density at radius 2 is 2.20 bits per heavy atom. The van der Waals surface area contributed by atoms with Gasteiger partial charge in [-0.15, -0.1) is 0 Å². The molecule has 1 aromatic rings. The van der Waals surface area contributed by atoms with Crippen LogP contribution in [0.5, 0.6) is 5.75 Å². The largest absolute Gasteiger partial charge is 0.492 e. The van der Waals surface area contributed by atoms with Gasteiger partial charge in [0.25, 0.3) is 0 Å². The molecule has 1 rings (SSSR count). The Bertz CT molecular complexity index is 362. The predicted molar refractivity (Wildman–Crippen MR) is 68.0 cm³/mol. The summed E-state index contributed by atoms with van der Waals surface area (Å²) in [5.74, 6) is 0.649. The van der Waals surface area contributed by atoms with Crippen LogP contribution in [-0.4, -0.2) is 17.2 Å². The van der Waals surface area contributed by atoms with E-state index >= 15 is 0 Å². The predicted octanol–water partition coefficient (Wildman–Crippen LogP) is 3.81. The molecule has 1 unspecified atom stereocenters. The molecule has 82 valence electrons. The third-order valence-corrected chi connectivity index (χ3v) is 2.92. The zero-order chi connectivity index (χ0) is 11.4. The van der Waals surface area contributed by atoms with Gasteiger partial charge in [0.1, 0.15) is 5.75 Å². The summed E-state index contributed by atoms with van der Waals surface area (Å²) in [6.45, 7) is 4.24.